The fourth-order valence-electron chi connectivity index (χ4n) is 14.1. The fraction of sp³-hybridized carbons (Fsp3) is 0.792. The van der Waals surface area contributed by atoms with E-state index in [1.807, 2.05) is 12.4 Å². The smallest absolute Gasteiger partial charge is 0.309 e. The highest BCUT2D eigenvalue weighted by Crippen LogP contribution is 2.77. The topological polar surface area (TPSA) is 126 Å². The first-order chi connectivity index (χ1) is 26.4. The van der Waals surface area contributed by atoms with Crippen molar-refractivity contribution in [2.75, 3.05) is 33.7 Å². The van der Waals surface area contributed by atoms with Gasteiger partial charge in [-0.3, -0.25) is 24.3 Å². The van der Waals surface area contributed by atoms with Gasteiger partial charge in [-0.25, -0.2) is 0 Å². The zero-order valence-corrected chi connectivity index (χ0v) is 37.6. The fourth-order valence-corrected chi connectivity index (χ4v) is 14.1. The quantitative estimate of drug-likeness (QED) is 0.189. The van der Waals surface area contributed by atoms with Crippen molar-refractivity contribution in [2.45, 2.75) is 158 Å². The molecule has 1 aromatic heterocycles. The van der Waals surface area contributed by atoms with E-state index in [0.717, 1.165) is 83.0 Å². The van der Waals surface area contributed by atoms with Gasteiger partial charge in [-0.15, -0.1) is 0 Å². The number of nitrogens with zero attached hydrogens (tertiary/aromatic N) is 3. The van der Waals surface area contributed by atoms with Gasteiger partial charge < -0.3 is 20.5 Å². The van der Waals surface area contributed by atoms with Crippen LogP contribution in [0.25, 0.3) is 0 Å². The van der Waals surface area contributed by atoms with Crippen LogP contribution in [0.2, 0.25) is 0 Å². The van der Waals surface area contributed by atoms with E-state index in [4.69, 9.17) is 10.5 Å². The molecule has 5 aliphatic carbocycles. The molecule has 0 spiro atoms. The van der Waals surface area contributed by atoms with Gasteiger partial charge in [0.2, 0.25) is 0 Å². The summed E-state index contributed by atoms with van der Waals surface area (Å²) in [4.78, 5) is 48.6. The van der Waals surface area contributed by atoms with Gasteiger partial charge in [0.1, 0.15) is 6.10 Å². The van der Waals surface area contributed by atoms with Crippen LogP contribution in [-0.2, 0) is 19.1 Å². The number of likely N-dealkylation sites (N-methyl/N-ethyl adjacent to an activating group) is 1. The predicted octanol–water partition coefficient (Wildman–Crippen LogP) is 8.87. The molecule has 0 saturated heterocycles. The molecule has 57 heavy (non-hydrogen) atoms. The molecule has 9 atom stereocenters. The highest BCUT2D eigenvalue weighted by molar-refractivity contribution is 6.01. The van der Waals surface area contributed by atoms with Crippen LogP contribution < -0.4 is 5.73 Å². The lowest BCUT2D eigenvalue weighted by Crippen LogP contribution is -2.74. The van der Waals surface area contributed by atoms with Gasteiger partial charge in [0, 0.05) is 54.3 Å². The van der Waals surface area contributed by atoms with Gasteiger partial charge >= 0.3 is 11.9 Å². The third-order valence-electron chi connectivity index (χ3n) is 17.7. The number of allylic oxidation sites excluding steroid dienone is 1. The Morgan fingerprint density at radius 2 is 1.58 bits per heavy atom. The third-order valence-corrected chi connectivity index (χ3v) is 17.7. The number of aromatic nitrogens is 1. The molecule has 1 heterocycles. The minimum absolute atomic E-state index is 0.0309. The van der Waals surface area contributed by atoms with Crippen molar-refractivity contribution in [3.05, 3.63) is 41.2 Å². The Bertz CT molecular complexity index is 1740. The molecule has 2 unspecified atom stereocenters. The van der Waals surface area contributed by atoms with Crippen molar-refractivity contribution in [1.29, 1.82) is 0 Å². The average Bonchev–Trinajstić information content (AvgIpc) is 3.43. The molecule has 3 N–H and O–H groups in total. The first-order valence-corrected chi connectivity index (χ1v) is 22.2. The molecule has 318 valence electrons. The standard InChI is InChI=1S/C48H76N4O5/c1-31(2)39-34(53)29-47(23-26-52(28-27-51(11)12)32(3)33-16-24-50-25-17-33)22-21-46(10)45(9)19-13-35-43(6,7)37(57-38(54)30-42(4,5)41(55)56)15-18-44(35,8)36(45)14-20-48(46,49)40(39)47/h16-17,24-25,31-32,35-37H,13-15,18-23,26-30,49H2,1-12H3,(H,55,56)/t32-,35?,36-,37+,44+,45-,46+,47-,48?/m1/s1. The number of carbonyl (C=O) groups excluding carboxylic acids is 2. The average molecular weight is 789 g/mol. The molecule has 4 fully saturated rings. The number of fused-ring (bicyclic) bond motifs is 7. The number of hydrogen-bond acceptors (Lipinski definition) is 8. The Kier molecular flexibility index (Phi) is 11.7. The Morgan fingerprint density at radius 3 is 2.19 bits per heavy atom. The SMILES string of the molecule is CC(C)C1=C2C3(N)CC[C@@H]4[C@@]5(C)CC[C@H](OC(=O)CC(C)(C)C(=O)O)C(C)(C)C5CC[C@@]4(C)[C@]3(C)CC[C@@]2(CCN(CCN(C)C)[C@H](C)c2ccncc2)CC1=O. The number of carboxylic acid groups (broad SMARTS) is 1. The molecule has 4 saturated carbocycles. The van der Waals surface area contributed by atoms with E-state index in [2.05, 4.69) is 96.4 Å². The summed E-state index contributed by atoms with van der Waals surface area (Å²) in [5.74, 6) is -0.159. The van der Waals surface area contributed by atoms with Crippen molar-refractivity contribution < 1.29 is 24.2 Å². The number of esters is 1. The Hall–Kier alpha value is -2.62. The number of Topliss-reactive ketones (excluding diaryl/α,β-unsaturated/α-hetero) is 1. The van der Waals surface area contributed by atoms with Crippen LogP contribution in [-0.4, -0.2) is 83.0 Å². The number of carbonyl (C=O) groups is 3. The number of nitrogens with two attached hydrogens (primary N) is 1. The summed E-state index contributed by atoms with van der Waals surface area (Å²) >= 11 is 0. The molecule has 9 heteroatoms. The van der Waals surface area contributed by atoms with E-state index in [0.29, 0.717) is 24.0 Å². The summed E-state index contributed by atoms with van der Waals surface area (Å²) in [6.07, 6.45) is 12.6. The molecule has 9 nitrogen and oxygen atoms in total. The summed E-state index contributed by atoms with van der Waals surface area (Å²) in [5, 5.41) is 9.66. The lowest BCUT2D eigenvalue weighted by atomic mass is 9.31. The van der Waals surface area contributed by atoms with E-state index in [1.165, 1.54) is 11.1 Å². The summed E-state index contributed by atoms with van der Waals surface area (Å²) in [6.45, 7) is 24.9. The van der Waals surface area contributed by atoms with Crippen LogP contribution in [0.15, 0.2) is 35.7 Å². The molecule has 0 aliphatic heterocycles. The van der Waals surface area contributed by atoms with E-state index in [9.17, 15) is 19.5 Å². The maximum Gasteiger partial charge on any atom is 0.309 e. The third kappa shape index (κ3) is 7.05. The zero-order chi connectivity index (χ0) is 42.1. The van der Waals surface area contributed by atoms with Crippen molar-refractivity contribution in [3.8, 4) is 0 Å². The number of ether oxygens (including phenoxy) is 1. The molecule has 0 radical (unpaired) electrons. The number of ketones is 1. The monoisotopic (exact) mass is 789 g/mol. The van der Waals surface area contributed by atoms with Gasteiger partial charge in [0.25, 0.3) is 0 Å². The predicted molar refractivity (Wildman–Crippen MR) is 226 cm³/mol. The number of carboxylic acids is 1. The van der Waals surface area contributed by atoms with Crippen LogP contribution in [0.4, 0.5) is 0 Å². The van der Waals surface area contributed by atoms with Crippen molar-refractivity contribution in [1.82, 2.24) is 14.8 Å². The van der Waals surface area contributed by atoms with Crippen molar-refractivity contribution in [3.63, 3.8) is 0 Å². The van der Waals surface area contributed by atoms with Crippen molar-refractivity contribution in [2.24, 2.45) is 56.0 Å². The molecular formula is C48H76N4O5. The Labute approximate surface area is 344 Å². The van der Waals surface area contributed by atoms with Crippen LogP contribution in [0.5, 0.6) is 0 Å². The Balaban J connectivity index is 1.30. The minimum Gasteiger partial charge on any atom is -0.481 e. The van der Waals surface area contributed by atoms with E-state index in [-0.39, 0.29) is 51.6 Å². The van der Waals surface area contributed by atoms with E-state index >= 15 is 0 Å². The first kappa shape index (κ1) is 43.9. The van der Waals surface area contributed by atoms with Gasteiger partial charge in [-0.05, 0) is 162 Å². The molecular weight excluding hydrogens is 713 g/mol. The second kappa shape index (κ2) is 15.1. The lowest BCUT2D eigenvalue weighted by Gasteiger charge is -2.74. The van der Waals surface area contributed by atoms with Gasteiger partial charge in [-0.2, -0.15) is 0 Å². The largest absolute Gasteiger partial charge is 0.481 e. The molecule has 5 aliphatic rings. The number of hydrogen-bond donors (Lipinski definition) is 2. The maximum atomic E-state index is 14.4. The van der Waals surface area contributed by atoms with Crippen molar-refractivity contribution >= 4 is 17.7 Å². The Morgan fingerprint density at radius 1 is 0.930 bits per heavy atom. The number of pyridine rings is 1. The second-order valence-corrected chi connectivity index (χ2v) is 22.0. The first-order valence-electron chi connectivity index (χ1n) is 22.2. The van der Waals surface area contributed by atoms with Crippen LogP contribution in [0, 0.1) is 50.2 Å². The minimum atomic E-state index is -1.17. The highest BCUT2D eigenvalue weighted by Gasteiger charge is 2.74. The summed E-state index contributed by atoms with van der Waals surface area (Å²) in [6, 6.07) is 4.49. The number of rotatable bonds is 13. The molecule has 0 bridgehead atoms. The second-order valence-electron chi connectivity index (χ2n) is 22.0. The van der Waals surface area contributed by atoms with E-state index < -0.39 is 22.9 Å². The van der Waals surface area contributed by atoms with Gasteiger partial charge in [-0.1, -0.05) is 48.5 Å². The summed E-state index contributed by atoms with van der Waals surface area (Å²) < 4.78 is 6.21. The van der Waals surface area contributed by atoms with Crippen LogP contribution in [0.1, 0.15) is 151 Å². The zero-order valence-electron chi connectivity index (χ0n) is 37.6. The van der Waals surface area contributed by atoms with E-state index in [1.54, 1.807) is 13.8 Å². The van der Waals surface area contributed by atoms with Gasteiger partial charge in [0.05, 0.1) is 11.8 Å². The number of aliphatic carboxylic acids is 1. The maximum absolute atomic E-state index is 14.4. The molecule has 6 rings (SSSR count). The normalized spacial score (nSPS) is 36.8. The van der Waals surface area contributed by atoms with Crippen LogP contribution in [0.3, 0.4) is 0 Å². The highest BCUT2D eigenvalue weighted by atomic mass is 16.5. The summed E-state index contributed by atoms with van der Waals surface area (Å²) in [7, 11) is 4.27. The van der Waals surface area contributed by atoms with Crippen LogP contribution >= 0.6 is 0 Å². The molecule has 1 aromatic rings. The molecule has 0 amide bonds. The summed E-state index contributed by atoms with van der Waals surface area (Å²) in [5.41, 5.74) is 9.39. The van der Waals surface area contributed by atoms with Gasteiger partial charge in [0.15, 0.2) is 5.78 Å². The lowest BCUT2D eigenvalue weighted by molar-refractivity contribution is -0.237. The molecule has 0 aromatic carbocycles.